The molecule has 0 aliphatic rings. The van der Waals surface area contributed by atoms with Crippen LogP contribution in [0.2, 0.25) is 0 Å². The average molecular weight is 401 g/mol. The van der Waals surface area contributed by atoms with Gasteiger partial charge in [-0.3, -0.25) is 0 Å². The fourth-order valence-electron chi connectivity index (χ4n) is 1.23. The summed E-state index contributed by atoms with van der Waals surface area (Å²) in [5.74, 6) is 0.897. The van der Waals surface area contributed by atoms with E-state index in [4.69, 9.17) is 4.74 Å². The number of halogens is 2. The van der Waals surface area contributed by atoms with Crippen LogP contribution in [0, 0.1) is 0 Å². The number of para-hydroxylation sites is 1. The normalized spacial score (nSPS) is 11.5. The Morgan fingerprint density at radius 2 is 1.83 bits per heavy atom. The van der Waals surface area contributed by atoms with Gasteiger partial charge in [0.05, 0.1) is 14.7 Å². The zero-order chi connectivity index (χ0) is 13.6. The smallest absolute Gasteiger partial charge is 0.148 e. The van der Waals surface area contributed by atoms with Crippen molar-refractivity contribution < 1.29 is 13.2 Å². The van der Waals surface area contributed by atoms with E-state index in [0.29, 0.717) is 19.7 Å². The van der Waals surface area contributed by atoms with Crippen molar-refractivity contribution in [2.75, 3.05) is 31.7 Å². The highest BCUT2D eigenvalue weighted by Gasteiger charge is 2.05. The quantitative estimate of drug-likeness (QED) is 0.713. The van der Waals surface area contributed by atoms with Crippen molar-refractivity contribution in [3.05, 3.63) is 27.1 Å². The lowest BCUT2D eigenvalue weighted by Crippen LogP contribution is -2.26. The molecule has 1 rings (SSSR count). The van der Waals surface area contributed by atoms with E-state index >= 15 is 0 Å². The van der Waals surface area contributed by atoms with E-state index in [1.165, 1.54) is 6.26 Å². The Bertz CT molecular complexity index is 471. The minimum Gasteiger partial charge on any atom is -0.490 e. The molecule has 0 atom stereocenters. The molecule has 1 aromatic rings. The molecule has 1 N–H and O–H groups in total. The number of hydrogen-bond donors (Lipinski definition) is 1. The van der Waals surface area contributed by atoms with Gasteiger partial charge in [0.15, 0.2) is 0 Å². The predicted molar refractivity (Wildman–Crippen MR) is 79.9 cm³/mol. The summed E-state index contributed by atoms with van der Waals surface area (Å²) in [6.07, 6.45) is 1.23. The molecule has 0 fully saturated rings. The van der Waals surface area contributed by atoms with Gasteiger partial charge in [-0.15, -0.1) is 0 Å². The lowest BCUT2D eigenvalue weighted by atomic mass is 10.3. The number of ether oxygens (including phenoxy) is 1. The molecule has 0 saturated heterocycles. The van der Waals surface area contributed by atoms with E-state index in [1.807, 2.05) is 18.2 Å². The van der Waals surface area contributed by atoms with E-state index in [0.717, 1.165) is 14.7 Å². The minimum atomic E-state index is -2.90. The summed E-state index contributed by atoms with van der Waals surface area (Å²) in [6, 6.07) is 5.71. The van der Waals surface area contributed by atoms with Crippen LogP contribution in [0.25, 0.3) is 0 Å². The second kappa shape index (κ2) is 7.47. The molecular weight excluding hydrogens is 386 g/mol. The van der Waals surface area contributed by atoms with Gasteiger partial charge in [0.1, 0.15) is 22.2 Å². The van der Waals surface area contributed by atoms with Crippen LogP contribution in [0.1, 0.15) is 0 Å². The Morgan fingerprint density at radius 3 is 2.39 bits per heavy atom. The van der Waals surface area contributed by atoms with E-state index in [2.05, 4.69) is 37.2 Å². The Morgan fingerprint density at radius 1 is 1.22 bits per heavy atom. The molecule has 0 unspecified atom stereocenters. The molecule has 0 saturated carbocycles. The number of rotatable bonds is 7. The van der Waals surface area contributed by atoms with Gasteiger partial charge in [0.25, 0.3) is 0 Å². The van der Waals surface area contributed by atoms with Crippen molar-refractivity contribution in [1.29, 1.82) is 0 Å². The topological polar surface area (TPSA) is 55.4 Å². The summed E-state index contributed by atoms with van der Waals surface area (Å²) in [5, 5.41) is 3.02. The first-order chi connectivity index (χ1) is 8.40. The van der Waals surface area contributed by atoms with Gasteiger partial charge in [-0.25, -0.2) is 8.42 Å². The third kappa shape index (κ3) is 6.17. The van der Waals surface area contributed by atoms with Crippen molar-refractivity contribution in [2.24, 2.45) is 0 Å². The third-order valence-electron chi connectivity index (χ3n) is 2.09. The number of benzene rings is 1. The molecule has 1 aromatic carbocycles. The SMILES string of the molecule is CS(=O)(=O)CCNCCOc1c(Br)cccc1Br. The Balaban J connectivity index is 2.26. The lowest BCUT2D eigenvalue weighted by molar-refractivity contribution is 0.311. The maximum atomic E-state index is 10.9. The molecule has 0 aliphatic heterocycles. The van der Waals surface area contributed by atoms with Crippen molar-refractivity contribution in [3.63, 3.8) is 0 Å². The fourth-order valence-corrected chi connectivity index (χ4v) is 2.97. The Kier molecular flexibility index (Phi) is 6.62. The molecule has 102 valence electrons. The van der Waals surface area contributed by atoms with Crippen LogP contribution >= 0.6 is 31.9 Å². The molecule has 0 amide bonds. The molecule has 18 heavy (non-hydrogen) atoms. The van der Waals surface area contributed by atoms with Crippen LogP contribution in [-0.2, 0) is 9.84 Å². The van der Waals surface area contributed by atoms with Crippen LogP contribution in [0.4, 0.5) is 0 Å². The highest BCUT2D eigenvalue weighted by Crippen LogP contribution is 2.32. The van der Waals surface area contributed by atoms with Crippen LogP contribution in [0.3, 0.4) is 0 Å². The van der Waals surface area contributed by atoms with Gasteiger partial charge >= 0.3 is 0 Å². The molecule has 0 radical (unpaired) electrons. The number of nitrogens with one attached hydrogen (secondary N) is 1. The molecule has 0 aliphatic carbocycles. The van der Waals surface area contributed by atoms with Crippen molar-refractivity contribution in [1.82, 2.24) is 5.32 Å². The molecule has 0 bridgehead atoms. The zero-order valence-electron chi connectivity index (χ0n) is 9.95. The molecular formula is C11H15Br2NO3S. The summed E-state index contributed by atoms with van der Waals surface area (Å²) in [7, 11) is -2.90. The van der Waals surface area contributed by atoms with Gasteiger partial charge in [0.2, 0.25) is 0 Å². The third-order valence-corrected chi connectivity index (χ3v) is 4.29. The summed E-state index contributed by atoms with van der Waals surface area (Å²) in [6.45, 7) is 1.52. The highest BCUT2D eigenvalue weighted by atomic mass is 79.9. The standard InChI is InChI=1S/C11H15Br2NO3S/c1-18(15,16)8-6-14-5-7-17-11-9(12)3-2-4-10(11)13/h2-4,14H,5-8H2,1H3. The summed E-state index contributed by atoms with van der Waals surface area (Å²) in [5.41, 5.74) is 0. The van der Waals surface area contributed by atoms with Crippen molar-refractivity contribution >= 4 is 41.7 Å². The minimum absolute atomic E-state index is 0.145. The van der Waals surface area contributed by atoms with Gasteiger partial charge < -0.3 is 10.1 Å². The fraction of sp³-hybridized carbons (Fsp3) is 0.455. The monoisotopic (exact) mass is 399 g/mol. The van der Waals surface area contributed by atoms with Gasteiger partial charge in [-0.1, -0.05) is 6.07 Å². The highest BCUT2D eigenvalue weighted by molar-refractivity contribution is 9.11. The van der Waals surface area contributed by atoms with Crippen LogP contribution in [0.15, 0.2) is 27.1 Å². The first-order valence-corrected chi connectivity index (χ1v) is 9.00. The van der Waals surface area contributed by atoms with E-state index in [-0.39, 0.29) is 5.75 Å². The average Bonchev–Trinajstić information content (AvgIpc) is 2.25. The van der Waals surface area contributed by atoms with Crippen LogP contribution in [-0.4, -0.2) is 40.1 Å². The van der Waals surface area contributed by atoms with E-state index in [1.54, 1.807) is 0 Å². The van der Waals surface area contributed by atoms with Crippen molar-refractivity contribution in [2.45, 2.75) is 0 Å². The Labute approximate surface area is 124 Å². The maximum Gasteiger partial charge on any atom is 0.148 e. The molecule has 0 aromatic heterocycles. The van der Waals surface area contributed by atoms with Crippen LogP contribution < -0.4 is 10.1 Å². The maximum absolute atomic E-state index is 10.9. The van der Waals surface area contributed by atoms with Gasteiger partial charge in [-0.05, 0) is 44.0 Å². The number of hydrogen-bond acceptors (Lipinski definition) is 4. The molecule has 4 nitrogen and oxygen atoms in total. The zero-order valence-corrected chi connectivity index (χ0v) is 13.9. The summed E-state index contributed by atoms with van der Waals surface area (Å²) >= 11 is 6.80. The first-order valence-electron chi connectivity index (χ1n) is 5.35. The second-order valence-corrected chi connectivity index (χ2v) is 7.75. The van der Waals surface area contributed by atoms with E-state index in [9.17, 15) is 8.42 Å². The van der Waals surface area contributed by atoms with Crippen LogP contribution in [0.5, 0.6) is 5.75 Å². The Hall–Kier alpha value is -0.110. The molecule has 0 spiro atoms. The molecule has 7 heteroatoms. The number of sulfone groups is 1. The predicted octanol–water partition coefficient (Wildman–Crippen LogP) is 2.22. The van der Waals surface area contributed by atoms with E-state index < -0.39 is 9.84 Å². The van der Waals surface area contributed by atoms with Gasteiger partial charge in [-0.2, -0.15) is 0 Å². The summed E-state index contributed by atoms with van der Waals surface area (Å²) < 4.78 is 29.1. The van der Waals surface area contributed by atoms with Crippen molar-refractivity contribution in [3.8, 4) is 5.75 Å². The largest absolute Gasteiger partial charge is 0.490 e. The van der Waals surface area contributed by atoms with Gasteiger partial charge in [0, 0.05) is 19.3 Å². The molecule has 0 heterocycles. The second-order valence-electron chi connectivity index (χ2n) is 3.78. The first kappa shape index (κ1) is 15.9. The lowest BCUT2D eigenvalue weighted by Gasteiger charge is -2.10. The summed E-state index contributed by atoms with van der Waals surface area (Å²) in [4.78, 5) is 0.